The maximum absolute atomic E-state index is 9.55. The Morgan fingerprint density at radius 2 is 2.04 bits per heavy atom. The van der Waals surface area contributed by atoms with Crippen molar-refractivity contribution in [2.45, 2.75) is 0 Å². The number of hydrogen-bond donors (Lipinski definition) is 2. The van der Waals surface area contributed by atoms with Gasteiger partial charge in [0.05, 0.1) is 19.5 Å². The van der Waals surface area contributed by atoms with E-state index in [0.717, 1.165) is 16.3 Å². The van der Waals surface area contributed by atoms with Gasteiger partial charge in [-0.15, -0.1) is 17.5 Å². The normalized spacial score (nSPS) is 10.5. The first-order valence-electron chi connectivity index (χ1n) is 6.64. The third-order valence-electron chi connectivity index (χ3n) is 3.16. The van der Waals surface area contributed by atoms with Crippen LogP contribution in [0, 0.1) is 0 Å². The maximum Gasteiger partial charge on any atom is 0.176 e. The molecule has 0 bridgehead atoms. The van der Waals surface area contributed by atoms with E-state index in [2.05, 4.69) is 20.7 Å². The van der Waals surface area contributed by atoms with Crippen LogP contribution in [0.3, 0.4) is 0 Å². The van der Waals surface area contributed by atoms with Gasteiger partial charge in [0.15, 0.2) is 17.3 Å². The van der Waals surface area contributed by atoms with E-state index in [1.807, 2.05) is 24.3 Å². The number of aromatic hydroxyl groups is 1. The zero-order chi connectivity index (χ0) is 15.4. The summed E-state index contributed by atoms with van der Waals surface area (Å²) in [5.41, 5.74) is 3.67. The third-order valence-corrected chi connectivity index (χ3v) is 3.16. The quantitative estimate of drug-likeness (QED) is 0.567. The van der Waals surface area contributed by atoms with Crippen molar-refractivity contribution < 1.29 is 9.84 Å². The van der Waals surface area contributed by atoms with Crippen LogP contribution in [0.15, 0.2) is 53.8 Å². The topological polar surface area (TPSA) is 79.6 Å². The number of hydrazone groups is 1. The molecule has 0 amide bonds. The Morgan fingerprint density at radius 1 is 1.22 bits per heavy atom. The number of anilines is 1. The summed E-state index contributed by atoms with van der Waals surface area (Å²) in [7, 11) is 1.50. The van der Waals surface area contributed by atoms with E-state index in [0.29, 0.717) is 11.6 Å². The average Bonchev–Trinajstić information content (AvgIpc) is 2.56. The number of hydrogen-bond acceptors (Lipinski definition) is 6. The number of phenolic OH excluding ortho intramolecular Hbond substituents is 1. The highest BCUT2D eigenvalue weighted by atomic mass is 35.5. The van der Waals surface area contributed by atoms with Crippen molar-refractivity contribution in [3.8, 4) is 11.5 Å². The van der Waals surface area contributed by atoms with Crippen molar-refractivity contribution >= 4 is 35.2 Å². The summed E-state index contributed by atoms with van der Waals surface area (Å²) in [5, 5.41) is 23.6. The molecule has 3 aromatic rings. The molecule has 0 atom stereocenters. The SMILES string of the molecule is COc1cc(/C=N/Nc2nncc3ccccc23)ccc1O.Cl. The zero-order valence-corrected chi connectivity index (χ0v) is 13.1. The van der Waals surface area contributed by atoms with E-state index >= 15 is 0 Å². The van der Waals surface area contributed by atoms with E-state index in [1.165, 1.54) is 7.11 Å². The minimum Gasteiger partial charge on any atom is -0.504 e. The lowest BCUT2D eigenvalue weighted by Gasteiger charge is -2.04. The lowest BCUT2D eigenvalue weighted by molar-refractivity contribution is 0.373. The predicted molar refractivity (Wildman–Crippen MR) is 92.7 cm³/mol. The molecule has 1 aromatic heterocycles. The summed E-state index contributed by atoms with van der Waals surface area (Å²) in [4.78, 5) is 0. The molecule has 7 heteroatoms. The Labute approximate surface area is 139 Å². The number of rotatable bonds is 4. The van der Waals surface area contributed by atoms with Crippen molar-refractivity contribution in [2.75, 3.05) is 12.5 Å². The number of aromatic nitrogens is 2. The molecule has 0 unspecified atom stereocenters. The fourth-order valence-corrected chi connectivity index (χ4v) is 2.05. The molecule has 0 spiro atoms. The van der Waals surface area contributed by atoms with E-state index in [1.54, 1.807) is 30.6 Å². The van der Waals surface area contributed by atoms with Crippen molar-refractivity contribution in [3.63, 3.8) is 0 Å². The molecule has 0 aliphatic heterocycles. The Kier molecular flexibility index (Phi) is 5.32. The van der Waals surface area contributed by atoms with Crippen LogP contribution in [0.25, 0.3) is 10.8 Å². The van der Waals surface area contributed by atoms with Crippen LogP contribution in [-0.4, -0.2) is 28.6 Å². The molecule has 6 nitrogen and oxygen atoms in total. The molecule has 0 aliphatic rings. The molecule has 2 N–H and O–H groups in total. The molecule has 0 saturated heterocycles. The van der Waals surface area contributed by atoms with Crippen LogP contribution >= 0.6 is 12.4 Å². The summed E-state index contributed by atoms with van der Waals surface area (Å²) in [5.74, 6) is 1.07. The molecular formula is C16H15ClN4O2. The van der Waals surface area contributed by atoms with Crippen molar-refractivity contribution in [3.05, 3.63) is 54.2 Å². The van der Waals surface area contributed by atoms with Crippen LogP contribution in [0.5, 0.6) is 11.5 Å². The highest BCUT2D eigenvalue weighted by Crippen LogP contribution is 2.25. The Morgan fingerprint density at radius 3 is 2.87 bits per heavy atom. The number of ether oxygens (including phenoxy) is 1. The molecule has 0 fully saturated rings. The second-order valence-electron chi connectivity index (χ2n) is 4.58. The highest BCUT2D eigenvalue weighted by molar-refractivity contribution is 5.91. The van der Waals surface area contributed by atoms with Crippen molar-refractivity contribution in [2.24, 2.45) is 5.10 Å². The minimum absolute atomic E-state index is 0. The Hall–Kier alpha value is -2.86. The second-order valence-corrected chi connectivity index (χ2v) is 4.58. The second kappa shape index (κ2) is 7.42. The highest BCUT2D eigenvalue weighted by Gasteiger charge is 2.02. The lowest BCUT2D eigenvalue weighted by atomic mass is 10.2. The number of fused-ring (bicyclic) bond motifs is 1. The minimum atomic E-state index is 0. The summed E-state index contributed by atoms with van der Waals surface area (Å²) >= 11 is 0. The van der Waals surface area contributed by atoms with Crippen LogP contribution in [0.4, 0.5) is 5.82 Å². The van der Waals surface area contributed by atoms with Gasteiger partial charge in [0, 0.05) is 10.8 Å². The van der Waals surface area contributed by atoms with E-state index in [4.69, 9.17) is 4.74 Å². The van der Waals surface area contributed by atoms with Gasteiger partial charge in [-0.1, -0.05) is 24.3 Å². The molecule has 3 rings (SSSR count). The molecule has 0 aliphatic carbocycles. The van der Waals surface area contributed by atoms with Gasteiger partial charge in [0.25, 0.3) is 0 Å². The largest absolute Gasteiger partial charge is 0.504 e. The first-order valence-corrected chi connectivity index (χ1v) is 6.64. The van der Waals surface area contributed by atoms with Crippen LogP contribution in [-0.2, 0) is 0 Å². The standard InChI is InChI=1S/C16H14N4O2.ClH/c1-22-15-8-11(6-7-14(15)21)9-17-19-16-13-5-3-2-4-12(13)10-18-20-16;/h2-10,21H,1H3,(H,19,20);1H/b17-9+;. The predicted octanol–water partition coefficient (Wildman–Crippen LogP) is 3.21. The first-order chi connectivity index (χ1) is 10.8. The molecule has 1 heterocycles. The van der Waals surface area contributed by atoms with Crippen LogP contribution in [0.2, 0.25) is 0 Å². The van der Waals surface area contributed by atoms with Crippen LogP contribution < -0.4 is 10.2 Å². The number of halogens is 1. The van der Waals surface area contributed by atoms with Gasteiger partial charge in [-0.25, -0.2) is 0 Å². The number of benzene rings is 2. The average molecular weight is 331 g/mol. The molecule has 0 saturated carbocycles. The summed E-state index contributed by atoms with van der Waals surface area (Å²) in [6, 6.07) is 12.8. The Bertz CT molecular complexity index is 834. The van der Waals surface area contributed by atoms with Gasteiger partial charge < -0.3 is 9.84 Å². The van der Waals surface area contributed by atoms with Crippen molar-refractivity contribution in [1.82, 2.24) is 10.2 Å². The van der Waals surface area contributed by atoms with Gasteiger partial charge in [0.2, 0.25) is 0 Å². The van der Waals surface area contributed by atoms with Gasteiger partial charge in [0.1, 0.15) is 0 Å². The maximum atomic E-state index is 9.55. The number of phenols is 1. The van der Waals surface area contributed by atoms with Gasteiger partial charge in [-0.05, 0) is 23.8 Å². The molecule has 2 aromatic carbocycles. The Balaban J connectivity index is 0.00000192. The number of methoxy groups -OCH3 is 1. The van der Waals surface area contributed by atoms with Gasteiger partial charge in [-0.2, -0.15) is 10.2 Å². The smallest absolute Gasteiger partial charge is 0.176 e. The fraction of sp³-hybridized carbons (Fsp3) is 0.0625. The number of nitrogens with zero attached hydrogens (tertiary/aromatic N) is 3. The molecular weight excluding hydrogens is 316 g/mol. The van der Waals surface area contributed by atoms with E-state index in [9.17, 15) is 5.11 Å². The lowest BCUT2D eigenvalue weighted by Crippen LogP contribution is -1.96. The molecule has 23 heavy (non-hydrogen) atoms. The van der Waals surface area contributed by atoms with Crippen molar-refractivity contribution in [1.29, 1.82) is 0 Å². The van der Waals surface area contributed by atoms with Gasteiger partial charge in [-0.3, -0.25) is 5.43 Å². The van der Waals surface area contributed by atoms with Crippen LogP contribution in [0.1, 0.15) is 5.56 Å². The summed E-state index contributed by atoms with van der Waals surface area (Å²) < 4.78 is 5.05. The summed E-state index contributed by atoms with van der Waals surface area (Å²) in [6.07, 6.45) is 3.32. The first kappa shape index (κ1) is 16.5. The zero-order valence-electron chi connectivity index (χ0n) is 12.3. The molecule has 118 valence electrons. The monoisotopic (exact) mass is 330 g/mol. The van der Waals surface area contributed by atoms with E-state index in [-0.39, 0.29) is 18.2 Å². The van der Waals surface area contributed by atoms with Gasteiger partial charge >= 0.3 is 0 Å². The summed E-state index contributed by atoms with van der Waals surface area (Å²) in [6.45, 7) is 0. The number of nitrogens with one attached hydrogen (secondary N) is 1. The fourth-order valence-electron chi connectivity index (χ4n) is 2.05. The third kappa shape index (κ3) is 3.67. The van der Waals surface area contributed by atoms with E-state index < -0.39 is 0 Å². The molecule has 0 radical (unpaired) electrons.